The second-order valence-electron chi connectivity index (χ2n) is 5.45. The predicted molar refractivity (Wildman–Crippen MR) is 95.0 cm³/mol. The van der Waals surface area contributed by atoms with Crippen LogP contribution in [0.1, 0.15) is 21.5 Å². The normalized spacial score (nSPS) is 16.6. The molecule has 2 aromatic rings. The van der Waals surface area contributed by atoms with Gasteiger partial charge in [-0.15, -0.1) is 0 Å². The Kier molecular flexibility index (Phi) is 4.66. The smallest absolute Gasteiger partial charge is 0.328 e. The fourth-order valence-corrected chi connectivity index (χ4v) is 3.20. The van der Waals surface area contributed by atoms with Crippen molar-refractivity contribution in [2.24, 2.45) is 0 Å². The molecule has 0 spiro atoms. The van der Waals surface area contributed by atoms with Gasteiger partial charge in [-0.3, -0.25) is 4.79 Å². The maximum atomic E-state index is 12.9. The highest BCUT2D eigenvalue weighted by Gasteiger charge is 2.35. The summed E-state index contributed by atoms with van der Waals surface area (Å²) in [6.07, 6.45) is 0.485. The molecule has 3 rings (SSSR count). The highest BCUT2D eigenvalue weighted by atomic mass is 127. The maximum Gasteiger partial charge on any atom is 0.328 e. The lowest BCUT2D eigenvalue weighted by atomic mass is 9.93. The highest BCUT2D eigenvalue weighted by Crippen LogP contribution is 2.25. The lowest BCUT2D eigenvalue weighted by Crippen LogP contribution is -2.49. The Morgan fingerprint density at radius 2 is 1.74 bits per heavy atom. The van der Waals surface area contributed by atoms with Crippen LogP contribution in [0.3, 0.4) is 0 Å². The monoisotopic (exact) mass is 421 g/mol. The van der Waals surface area contributed by atoms with Crippen molar-refractivity contribution >= 4 is 34.5 Å². The number of nitrogens with zero attached hydrogens (tertiary/aromatic N) is 1. The summed E-state index contributed by atoms with van der Waals surface area (Å²) in [6.45, 7) is 0.417. The van der Waals surface area contributed by atoms with E-state index in [1.807, 2.05) is 36.4 Å². The molecule has 0 radical (unpaired) electrons. The summed E-state index contributed by atoms with van der Waals surface area (Å²) in [5, 5.41) is 0. The summed E-state index contributed by atoms with van der Waals surface area (Å²) in [5.41, 5.74) is 2.75. The SMILES string of the molecule is COC(=O)C1Cc2ccccc2CN1C(=O)c1ccc(I)cc1. The number of rotatable bonds is 2. The molecule has 1 aliphatic heterocycles. The molecular weight excluding hydrogens is 405 g/mol. The second kappa shape index (κ2) is 6.70. The lowest BCUT2D eigenvalue weighted by Gasteiger charge is -2.35. The molecule has 1 unspecified atom stereocenters. The summed E-state index contributed by atoms with van der Waals surface area (Å²) in [6, 6.07) is 14.7. The first-order chi connectivity index (χ1) is 11.1. The molecule has 0 aromatic heterocycles. The Bertz CT molecular complexity index is 742. The molecule has 0 fully saturated rings. The van der Waals surface area contributed by atoms with Crippen molar-refractivity contribution in [2.75, 3.05) is 7.11 Å². The average Bonchev–Trinajstić information content (AvgIpc) is 2.60. The van der Waals surface area contributed by atoms with E-state index in [-0.39, 0.29) is 11.9 Å². The topological polar surface area (TPSA) is 46.6 Å². The maximum absolute atomic E-state index is 12.9. The summed E-state index contributed by atoms with van der Waals surface area (Å²) in [4.78, 5) is 26.6. The van der Waals surface area contributed by atoms with E-state index < -0.39 is 6.04 Å². The number of esters is 1. The lowest BCUT2D eigenvalue weighted by molar-refractivity contribution is -0.146. The molecule has 2 aromatic carbocycles. The first-order valence-electron chi connectivity index (χ1n) is 7.31. The fourth-order valence-electron chi connectivity index (χ4n) is 2.84. The molecule has 4 nitrogen and oxygen atoms in total. The molecule has 23 heavy (non-hydrogen) atoms. The largest absolute Gasteiger partial charge is 0.467 e. The molecular formula is C18H16INO3. The number of carbonyl (C=O) groups is 2. The van der Waals surface area contributed by atoms with Gasteiger partial charge in [0.25, 0.3) is 5.91 Å². The Morgan fingerprint density at radius 1 is 1.09 bits per heavy atom. The minimum Gasteiger partial charge on any atom is -0.467 e. The molecule has 5 heteroatoms. The number of ether oxygens (including phenoxy) is 1. The Balaban J connectivity index is 1.95. The molecule has 0 bridgehead atoms. The standard InChI is InChI=1S/C18H16INO3/c1-23-18(22)16-10-13-4-2-3-5-14(13)11-20(16)17(21)12-6-8-15(19)9-7-12/h2-9,16H,10-11H2,1H3. The van der Waals surface area contributed by atoms with E-state index in [0.717, 1.165) is 14.7 Å². The summed E-state index contributed by atoms with van der Waals surface area (Å²) >= 11 is 2.20. The van der Waals surface area contributed by atoms with Crippen molar-refractivity contribution in [1.82, 2.24) is 4.90 Å². The Morgan fingerprint density at radius 3 is 2.39 bits per heavy atom. The van der Waals surface area contributed by atoms with Gasteiger partial charge in [0.2, 0.25) is 0 Å². The average molecular weight is 421 g/mol. The van der Waals surface area contributed by atoms with E-state index in [0.29, 0.717) is 18.5 Å². The van der Waals surface area contributed by atoms with Gasteiger partial charge in [-0.05, 0) is 58.0 Å². The van der Waals surface area contributed by atoms with Crippen molar-refractivity contribution in [3.05, 3.63) is 68.8 Å². The van der Waals surface area contributed by atoms with Gasteiger partial charge >= 0.3 is 5.97 Å². The van der Waals surface area contributed by atoms with Crippen LogP contribution >= 0.6 is 22.6 Å². The van der Waals surface area contributed by atoms with Crippen LogP contribution in [-0.2, 0) is 22.5 Å². The number of benzene rings is 2. The summed E-state index contributed by atoms with van der Waals surface area (Å²) < 4.78 is 5.97. The van der Waals surface area contributed by atoms with E-state index >= 15 is 0 Å². The third-order valence-corrected chi connectivity index (χ3v) is 4.79. The fraction of sp³-hybridized carbons (Fsp3) is 0.222. The van der Waals surface area contributed by atoms with E-state index in [1.54, 1.807) is 17.0 Å². The number of halogens is 1. The van der Waals surface area contributed by atoms with Gasteiger partial charge in [0.1, 0.15) is 6.04 Å². The van der Waals surface area contributed by atoms with Gasteiger partial charge < -0.3 is 9.64 Å². The number of amides is 1. The molecule has 0 saturated carbocycles. The van der Waals surface area contributed by atoms with Crippen molar-refractivity contribution < 1.29 is 14.3 Å². The van der Waals surface area contributed by atoms with Crippen LogP contribution in [0.25, 0.3) is 0 Å². The quantitative estimate of drug-likeness (QED) is 0.554. The first-order valence-corrected chi connectivity index (χ1v) is 8.39. The molecule has 1 atom stereocenters. The van der Waals surface area contributed by atoms with Crippen molar-refractivity contribution in [2.45, 2.75) is 19.0 Å². The van der Waals surface area contributed by atoms with E-state index in [4.69, 9.17) is 4.74 Å². The Hall–Kier alpha value is -1.89. The number of carbonyl (C=O) groups excluding carboxylic acids is 2. The summed E-state index contributed by atoms with van der Waals surface area (Å²) in [5.74, 6) is -0.523. The minimum absolute atomic E-state index is 0.147. The van der Waals surface area contributed by atoms with E-state index in [9.17, 15) is 9.59 Å². The van der Waals surface area contributed by atoms with Gasteiger partial charge in [-0.25, -0.2) is 4.79 Å². The van der Waals surface area contributed by atoms with Gasteiger partial charge in [-0.1, -0.05) is 24.3 Å². The van der Waals surface area contributed by atoms with Gasteiger partial charge in [0.05, 0.1) is 7.11 Å². The van der Waals surface area contributed by atoms with Crippen molar-refractivity contribution in [3.63, 3.8) is 0 Å². The van der Waals surface area contributed by atoms with Crippen LogP contribution in [0.2, 0.25) is 0 Å². The molecule has 1 aliphatic rings. The molecule has 1 heterocycles. The van der Waals surface area contributed by atoms with Crippen LogP contribution in [0.4, 0.5) is 0 Å². The van der Waals surface area contributed by atoms with Crippen LogP contribution in [0.15, 0.2) is 48.5 Å². The van der Waals surface area contributed by atoms with E-state index in [2.05, 4.69) is 22.6 Å². The zero-order valence-electron chi connectivity index (χ0n) is 12.7. The van der Waals surface area contributed by atoms with Crippen LogP contribution in [0.5, 0.6) is 0 Å². The van der Waals surface area contributed by atoms with Crippen LogP contribution in [-0.4, -0.2) is 29.9 Å². The summed E-state index contributed by atoms with van der Waals surface area (Å²) in [7, 11) is 1.36. The zero-order chi connectivity index (χ0) is 16.4. The molecule has 0 aliphatic carbocycles. The van der Waals surface area contributed by atoms with Crippen molar-refractivity contribution in [1.29, 1.82) is 0 Å². The molecule has 118 valence electrons. The predicted octanol–water partition coefficient (Wildman–Crippen LogP) is 3.03. The molecule has 1 amide bonds. The zero-order valence-corrected chi connectivity index (χ0v) is 14.8. The molecule has 0 N–H and O–H groups in total. The number of fused-ring (bicyclic) bond motifs is 1. The van der Waals surface area contributed by atoms with Gasteiger partial charge in [-0.2, -0.15) is 0 Å². The minimum atomic E-state index is -0.582. The Labute approximate surface area is 148 Å². The third kappa shape index (κ3) is 3.24. The van der Waals surface area contributed by atoms with Crippen LogP contribution in [0, 0.1) is 3.57 Å². The van der Waals surface area contributed by atoms with Crippen LogP contribution < -0.4 is 0 Å². The molecule has 0 saturated heterocycles. The third-order valence-electron chi connectivity index (χ3n) is 4.07. The number of methoxy groups -OCH3 is 1. The van der Waals surface area contributed by atoms with Crippen molar-refractivity contribution in [3.8, 4) is 0 Å². The highest BCUT2D eigenvalue weighted by molar-refractivity contribution is 14.1. The van der Waals surface area contributed by atoms with E-state index in [1.165, 1.54) is 7.11 Å². The van der Waals surface area contributed by atoms with Gasteiger partial charge in [0.15, 0.2) is 0 Å². The van der Waals surface area contributed by atoms with Gasteiger partial charge in [0, 0.05) is 22.1 Å². The number of hydrogen-bond donors (Lipinski definition) is 0. The second-order valence-corrected chi connectivity index (χ2v) is 6.70. The number of hydrogen-bond acceptors (Lipinski definition) is 3. The first kappa shape index (κ1) is 16.0.